The molecule has 0 saturated carbocycles. The molecule has 0 saturated heterocycles. The molecule has 15 heavy (non-hydrogen) atoms. The Morgan fingerprint density at radius 3 is 2.73 bits per heavy atom. The van der Waals surface area contributed by atoms with Crippen molar-refractivity contribution in [2.45, 2.75) is 32.4 Å². The van der Waals surface area contributed by atoms with E-state index in [1.807, 2.05) is 26.0 Å². The van der Waals surface area contributed by atoms with Gasteiger partial charge in [0.15, 0.2) is 5.82 Å². The highest BCUT2D eigenvalue weighted by Crippen LogP contribution is 2.04. The first-order valence-corrected chi connectivity index (χ1v) is 5.29. The van der Waals surface area contributed by atoms with Crippen LogP contribution in [-0.2, 0) is 13.0 Å². The number of nitrogens with zero attached hydrogens (tertiary/aromatic N) is 3. The van der Waals surface area contributed by atoms with Gasteiger partial charge in [-0.25, -0.2) is 0 Å². The van der Waals surface area contributed by atoms with Crippen LogP contribution in [0.4, 0.5) is 0 Å². The summed E-state index contributed by atoms with van der Waals surface area (Å²) in [6, 6.07) is 0.414. The highest BCUT2D eigenvalue weighted by Gasteiger charge is 2.11. The van der Waals surface area contributed by atoms with Gasteiger partial charge in [0.25, 0.3) is 0 Å². The van der Waals surface area contributed by atoms with E-state index in [0.29, 0.717) is 11.9 Å². The molecule has 1 aromatic heterocycles. The number of hydrogen-bond acceptors (Lipinski definition) is 5. The minimum absolute atomic E-state index is 0.414. The summed E-state index contributed by atoms with van der Waals surface area (Å²) in [7, 11) is 5.92. The quantitative estimate of drug-likeness (QED) is 0.751. The van der Waals surface area contributed by atoms with Gasteiger partial charge in [0.1, 0.15) is 0 Å². The third-order valence-corrected chi connectivity index (χ3v) is 2.29. The van der Waals surface area contributed by atoms with Crippen LogP contribution in [0, 0.1) is 0 Å². The lowest BCUT2D eigenvalue weighted by atomic mass is 10.1. The summed E-state index contributed by atoms with van der Waals surface area (Å²) in [4.78, 5) is 6.34. The lowest BCUT2D eigenvalue weighted by molar-refractivity contribution is 0.339. The highest BCUT2D eigenvalue weighted by molar-refractivity contribution is 4.88. The average molecular weight is 212 g/mol. The molecule has 0 aliphatic heterocycles. The fourth-order valence-electron chi connectivity index (χ4n) is 1.38. The molecule has 0 aliphatic rings. The molecule has 0 spiro atoms. The molecule has 5 nitrogen and oxygen atoms in total. The van der Waals surface area contributed by atoms with Gasteiger partial charge in [0.2, 0.25) is 5.89 Å². The normalized spacial score (nSPS) is 13.4. The Hall–Kier alpha value is -0.940. The summed E-state index contributed by atoms with van der Waals surface area (Å²) in [5.41, 5.74) is 0. The van der Waals surface area contributed by atoms with Crippen molar-refractivity contribution in [1.29, 1.82) is 0 Å². The van der Waals surface area contributed by atoms with E-state index in [9.17, 15) is 0 Å². The van der Waals surface area contributed by atoms with E-state index < -0.39 is 0 Å². The van der Waals surface area contributed by atoms with Gasteiger partial charge in [0.05, 0.1) is 6.54 Å². The molecular weight excluding hydrogens is 192 g/mol. The van der Waals surface area contributed by atoms with E-state index in [2.05, 4.69) is 22.4 Å². The molecule has 86 valence electrons. The lowest BCUT2D eigenvalue weighted by Crippen LogP contribution is -2.26. The Morgan fingerprint density at radius 1 is 1.47 bits per heavy atom. The van der Waals surface area contributed by atoms with Gasteiger partial charge < -0.3 is 14.7 Å². The van der Waals surface area contributed by atoms with Crippen molar-refractivity contribution >= 4 is 0 Å². The van der Waals surface area contributed by atoms with E-state index in [-0.39, 0.29) is 0 Å². The summed E-state index contributed by atoms with van der Waals surface area (Å²) in [6.07, 6.45) is 1.86. The maximum absolute atomic E-state index is 5.17. The Kier molecular flexibility index (Phi) is 4.71. The van der Waals surface area contributed by atoms with Crippen molar-refractivity contribution in [1.82, 2.24) is 20.4 Å². The zero-order valence-electron chi connectivity index (χ0n) is 9.95. The molecular formula is C10H20N4O. The van der Waals surface area contributed by atoms with Crippen LogP contribution >= 0.6 is 0 Å². The van der Waals surface area contributed by atoms with E-state index >= 15 is 0 Å². The van der Waals surface area contributed by atoms with Crippen molar-refractivity contribution in [2.75, 3.05) is 21.1 Å². The van der Waals surface area contributed by atoms with Crippen LogP contribution in [-0.4, -0.2) is 42.2 Å². The van der Waals surface area contributed by atoms with E-state index in [4.69, 9.17) is 4.52 Å². The molecule has 0 fully saturated rings. The third-order valence-electron chi connectivity index (χ3n) is 2.29. The molecule has 0 aliphatic carbocycles. The topological polar surface area (TPSA) is 54.2 Å². The first kappa shape index (κ1) is 12.1. The first-order valence-electron chi connectivity index (χ1n) is 5.29. The molecule has 1 atom stereocenters. The van der Waals surface area contributed by atoms with Gasteiger partial charge in [-0.3, -0.25) is 0 Å². The average Bonchev–Trinajstić information content (AvgIpc) is 2.61. The zero-order valence-corrected chi connectivity index (χ0v) is 9.95. The molecule has 1 unspecified atom stereocenters. The van der Waals surface area contributed by atoms with Crippen LogP contribution in [0.25, 0.3) is 0 Å². The van der Waals surface area contributed by atoms with Crippen LogP contribution in [0.1, 0.15) is 25.1 Å². The first-order chi connectivity index (χ1) is 7.15. The maximum Gasteiger partial charge on any atom is 0.228 e. The van der Waals surface area contributed by atoms with Gasteiger partial charge in [-0.2, -0.15) is 4.98 Å². The van der Waals surface area contributed by atoms with Crippen molar-refractivity contribution < 1.29 is 4.52 Å². The smallest absolute Gasteiger partial charge is 0.228 e. The van der Waals surface area contributed by atoms with Gasteiger partial charge >= 0.3 is 0 Å². The number of nitrogens with one attached hydrogen (secondary N) is 1. The SMILES string of the molecule is CCC(Cc1nc(CN(C)C)no1)NC. The molecule has 0 radical (unpaired) electrons. The van der Waals surface area contributed by atoms with Gasteiger partial charge in [-0.05, 0) is 27.6 Å². The number of aromatic nitrogens is 2. The molecule has 1 rings (SSSR count). The van der Waals surface area contributed by atoms with Crippen molar-refractivity contribution in [3.05, 3.63) is 11.7 Å². The second-order valence-electron chi connectivity index (χ2n) is 3.94. The summed E-state index contributed by atoms with van der Waals surface area (Å²) in [6.45, 7) is 2.86. The molecule has 5 heteroatoms. The number of rotatable bonds is 6. The Bertz CT molecular complexity index is 281. The summed E-state index contributed by atoms with van der Waals surface area (Å²) in [5, 5.41) is 7.13. The molecule has 1 aromatic rings. The fraction of sp³-hybridized carbons (Fsp3) is 0.800. The van der Waals surface area contributed by atoms with Crippen molar-refractivity contribution in [3.8, 4) is 0 Å². The lowest BCUT2D eigenvalue weighted by Gasteiger charge is -2.09. The summed E-state index contributed by atoms with van der Waals surface area (Å²) in [5.74, 6) is 1.47. The van der Waals surface area contributed by atoms with E-state index in [1.54, 1.807) is 0 Å². The standard InChI is InChI=1S/C10H20N4O/c1-5-8(11-2)6-10-12-9(13-15-10)7-14(3)4/h8,11H,5-7H2,1-4H3. The summed E-state index contributed by atoms with van der Waals surface area (Å²) < 4.78 is 5.17. The molecule has 1 N–H and O–H groups in total. The predicted molar refractivity (Wildman–Crippen MR) is 58.5 cm³/mol. The molecule has 0 aromatic carbocycles. The minimum atomic E-state index is 0.414. The van der Waals surface area contributed by atoms with Crippen molar-refractivity contribution in [3.63, 3.8) is 0 Å². The minimum Gasteiger partial charge on any atom is -0.339 e. The maximum atomic E-state index is 5.17. The van der Waals surface area contributed by atoms with E-state index in [0.717, 1.165) is 25.2 Å². The highest BCUT2D eigenvalue weighted by atomic mass is 16.5. The predicted octanol–water partition coefficient (Wildman–Crippen LogP) is 0.672. The van der Waals surface area contributed by atoms with Gasteiger partial charge in [-0.15, -0.1) is 0 Å². The Labute approximate surface area is 90.8 Å². The number of hydrogen-bond donors (Lipinski definition) is 1. The molecule has 0 amide bonds. The Morgan fingerprint density at radius 2 is 2.20 bits per heavy atom. The largest absolute Gasteiger partial charge is 0.339 e. The Balaban J connectivity index is 2.52. The van der Waals surface area contributed by atoms with E-state index in [1.165, 1.54) is 0 Å². The number of likely N-dealkylation sites (N-methyl/N-ethyl adjacent to an activating group) is 1. The van der Waals surface area contributed by atoms with Crippen LogP contribution in [0.2, 0.25) is 0 Å². The second kappa shape index (κ2) is 5.82. The van der Waals surface area contributed by atoms with Crippen LogP contribution in [0.15, 0.2) is 4.52 Å². The summed E-state index contributed by atoms with van der Waals surface area (Å²) >= 11 is 0. The monoisotopic (exact) mass is 212 g/mol. The third kappa shape index (κ3) is 3.97. The van der Waals surface area contributed by atoms with Crippen molar-refractivity contribution in [2.24, 2.45) is 0 Å². The van der Waals surface area contributed by atoms with Gasteiger partial charge in [-0.1, -0.05) is 12.1 Å². The second-order valence-corrected chi connectivity index (χ2v) is 3.94. The van der Waals surface area contributed by atoms with Crippen LogP contribution in [0.3, 0.4) is 0 Å². The van der Waals surface area contributed by atoms with Gasteiger partial charge in [0, 0.05) is 12.5 Å². The zero-order chi connectivity index (χ0) is 11.3. The fourth-order valence-corrected chi connectivity index (χ4v) is 1.38. The van der Waals surface area contributed by atoms with Crippen LogP contribution in [0.5, 0.6) is 0 Å². The molecule has 0 bridgehead atoms. The molecule has 1 heterocycles. The van der Waals surface area contributed by atoms with Crippen LogP contribution < -0.4 is 5.32 Å².